The molecule has 0 aromatic carbocycles. The molecule has 0 amide bonds. The minimum atomic E-state index is -0.358. The molecule has 0 atom stereocenters. The molecule has 3 nitrogen and oxygen atoms in total. The number of nitrogens with zero attached hydrogens (tertiary/aromatic N) is 2. The minimum Gasteiger partial charge on any atom is -0.388 e. The molecule has 2 rings (SSSR count). The normalized spacial score (nSPS) is 10.7. The molecule has 2 heterocycles. The van der Waals surface area contributed by atoms with Crippen LogP contribution in [0.2, 0.25) is 0 Å². The Morgan fingerprint density at radius 3 is 3.14 bits per heavy atom. The van der Waals surface area contributed by atoms with Crippen molar-refractivity contribution >= 4 is 11.3 Å². The van der Waals surface area contributed by atoms with Crippen molar-refractivity contribution in [1.82, 2.24) is 9.38 Å². The van der Waals surface area contributed by atoms with E-state index < -0.39 is 0 Å². The Morgan fingerprint density at radius 1 is 1.57 bits per heavy atom. The maximum Gasteiger partial charge on any atom is 0.139 e. The SMILES string of the molecule is CNc1ccn2cc(CCF)nc2c1. The highest BCUT2D eigenvalue weighted by atomic mass is 19.1. The standard InChI is InChI=1S/C10H12FN3/c1-12-8-3-5-14-7-9(2-4-11)13-10(14)6-8/h3,5-7,12H,2,4H2,1H3. The van der Waals surface area contributed by atoms with Crippen LogP contribution in [0.3, 0.4) is 0 Å². The summed E-state index contributed by atoms with van der Waals surface area (Å²) in [5.41, 5.74) is 2.65. The van der Waals surface area contributed by atoms with Gasteiger partial charge in [-0.15, -0.1) is 0 Å². The summed E-state index contributed by atoms with van der Waals surface area (Å²) in [7, 11) is 1.86. The monoisotopic (exact) mass is 193 g/mol. The molecule has 1 N–H and O–H groups in total. The molecule has 0 fully saturated rings. The Kier molecular flexibility index (Phi) is 2.35. The van der Waals surface area contributed by atoms with Gasteiger partial charge in [-0.25, -0.2) is 4.98 Å². The Morgan fingerprint density at radius 2 is 2.43 bits per heavy atom. The Labute approximate surface area is 81.6 Å². The van der Waals surface area contributed by atoms with Crippen molar-refractivity contribution in [3.05, 3.63) is 30.2 Å². The number of aromatic nitrogens is 2. The minimum absolute atomic E-state index is 0.358. The maximum absolute atomic E-state index is 12.1. The van der Waals surface area contributed by atoms with Gasteiger partial charge in [-0.2, -0.15) is 0 Å². The third-order valence-corrected chi connectivity index (χ3v) is 2.15. The van der Waals surface area contributed by atoms with Crippen molar-refractivity contribution in [2.75, 3.05) is 19.0 Å². The fraction of sp³-hybridized carbons (Fsp3) is 0.300. The molecule has 0 radical (unpaired) electrons. The van der Waals surface area contributed by atoms with E-state index in [4.69, 9.17) is 0 Å². The number of hydrogen-bond donors (Lipinski definition) is 1. The molecule has 0 bridgehead atoms. The zero-order valence-corrected chi connectivity index (χ0v) is 8.00. The summed E-state index contributed by atoms with van der Waals surface area (Å²) in [6.45, 7) is -0.358. The Hall–Kier alpha value is -1.58. The average molecular weight is 193 g/mol. The van der Waals surface area contributed by atoms with Gasteiger partial charge in [0.2, 0.25) is 0 Å². The van der Waals surface area contributed by atoms with Crippen molar-refractivity contribution in [2.45, 2.75) is 6.42 Å². The van der Waals surface area contributed by atoms with E-state index in [0.717, 1.165) is 17.0 Å². The summed E-state index contributed by atoms with van der Waals surface area (Å²) in [6, 6.07) is 3.88. The second-order valence-corrected chi connectivity index (χ2v) is 3.10. The summed E-state index contributed by atoms with van der Waals surface area (Å²) in [4.78, 5) is 4.29. The molecule has 2 aromatic heterocycles. The zero-order valence-electron chi connectivity index (χ0n) is 8.00. The number of aryl methyl sites for hydroxylation is 1. The lowest BCUT2D eigenvalue weighted by molar-refractivity contribution is 0.492. The van der Waals surface area contributed by atoms with Crippen LogP contribution in [0.15, 0.2) is 24.5 Å². The summed E-state index contributed by atoms with van der Waals surface area (Å²) in [5.74, 6) is 0. The van der Waals surface area contributed by atoms with Gasteiger partial charge in [0.15, 0.2) is 0 Å². The van der Waals surface area contributed by atoms with Crippen LogP contribution >= 0.6 is 0 Å². The molecule has 0 unspecified atom stereocenters. The molecular weight excluding hydrogens is 181 g/mol. The first-order valence-electron chi connectivity index (χ1n) is 4.55. The molecule has 74 valence electrons. The van der Waals surface area contributed by atoms with E-state index in [1.807, 2.05) is 36.0 Å². The number of anilines is 1. The fourth-order valence-corrected chi connectivity index (χ4v) is 1.41. The highest BCUT2D eigenvalue weighted by Gasteiger charge is 2.01. The largest absolute Gasteiger partial charge is 0.388 e. The number of fused-ring (bicyclic) bond motifs is 1. The lowest BCUT2D eigenvalue weighted by Crippen LogP contribution is -1.89. The zero-order chi connectivity index (χ0) is 9.97. The predicted octanol–water partition coefficient (Wildman–Crippen LogP) is 1.89. The summed E-state index contributed by atoms with van der Waals surface area (Å²) in [5, 5.41) is 3.03. The van der Waals surface area contributed by atoms with Gasteiger partial charge in [0, 0.05) is 37.6 Å². The number of imidazole rings is 1. The van der Waals surface area contributed by atoms with Crippen LogP contribution in [0.1, 0.15) is 5.69 Å². The van der Waals surface area contributed by atoms with Crippen molar-refractivity contribution in [1.29, 1.82) is 0 Å². The second-order valence-electron chi connectivity index (χ2n) is 3.10. The van der Waals surface area contributed by atoms with Crippen molar-refractivity contribution < 1.29 is 4.39 Å². The van der Waals surface area contributed by atoms with E-state index in [0.29, 0.717) is 6.42 Å². The first-order valence-corrected chi connectivity index (χ1v) is 4.55. The third-order valence-electron chi connectivity index (χ3n) is 2.15. The van der Waals surface area contributed by atoms with Gasteiger partial charge in [-0.3, -0.25) is 4.39 Å². The molecule has 0 aliphatic rings. The number of pyridine rings is 1. The van der Waals surface area contributed by atoms with Crippen LogP contribution in [0.5, 0.6) is 0 Å². The topological polar surface area (TPSA) is 29.3 Å². The molecule has 0 saturated carbocycles. The number of rotatable bonds is 3. The van der Waals surface area contributed by atoms with Gasteiger partial charge in [-0.05, 0) is 6.07 Å². The first-order chi connectivity index (χ1) is 6.83. The van der Waals surface area contributed by atoms with Gasteiger partial charge in [0.1, 0.15) is 5.65 Å². The number of alkyl halides is 1. The smallest absolute Gasteiger partial charge is 0.139 e. The number of nitrogens with one attached hydrogen (secondary N) is 1. The van der Waals surface area contributed by atoms with E-state index in [9.17, 15) is 4.39 Å². The molecule has 0 spiro atoms. The predicted molar refractivity (Wildman–Crippen MR) is 54.4 cm³/mol. The van der Waals surface area contributed by atoms with Crippen molar-refractivity contribution in [3.8, 4) is 0 Å². The molecule has 2 aromatic rings. The lowest BCUT2D eigenvalue weighted by atomic mass is 10.4. The summed E-state index contributed by atoms with van der Waals surface area (Å²) < 4.78 is 14.0. The first kappa shape index (κ1) is 8.99. The van der Waals surface area contributed by atoms with E-state index in [2.05, 4.69) is 10.3 Å². The lowest BCUT2D eigenvalue weighted by Gasteiger charge is -1.98. The summed E-state index contributed by atoms with van der Waals surface area (Å²) in [6.07, 6.45) is 4.15. The van der Waals surface area contributed by atoms with Crippen molar-refractivity contribution in [2.24, 2.45) is 0 Å². The van der Waals surface area contributed by atoms with E-state index >= 15 is 0 Å². The van der Waals surface area contributed by atoms with Crippen LogP contribution in [-0.4, -0.2) is 23.1 Å². The molecule has 0 aliphatic carbocycles. The van der Waals surface area contributed by atoms with Gasteiger partial charge >= 0.3 is 0 Å². The highest BCUT2D eigenvalue weighted by Crippen LogP contribution is 2.11. The van der Waals surface area contributed by atoms with Gasteiger partial charge in [-0.1, -0.05) is 0 Å². The molecule has 0 aliphatic heterocycles. The number of halogens is 1. The molecule has 14 heavy (non-hydrogen) atoms. The molecular formula is C10H12FN3. The van der Waals surface area contributed by atoms with Crippen LogP contribution in [0.4, 0.5) is 10.1 Å². The van der Waals surface area contributed by atoms with Crippen LogP contribution < -0.4 is 5.32 Å². The van der Waals surface area contributed by atoms with Gasteiger partial charge in [0.05, 0.1) is 12.4 Å². The average Bonchev–Trinajstić information content (AvgIpc) is 2.59. The fourth-order valence-electron chi connectivity index (χ4n) is 1.41. The third kappa shape index (κ3) is 1.55. The Balaban J connectivity index is 2.43. The van der Waals surface area contributed by atoms with Gasteiger partial charge in [0.25, 0.3) is 0 Å². The maximum atomic E-state index is 12.1. The summed E-state index contributed by atoms with van der Waals surface area (Å²) >= 11 is 0. The van der Waals surface area contributed by atoms with Crippen LogP contribution in [0, 0.1) is 0 Å². The molecule has 4 heteroatoms. The van der Waals surface area contributed by atoms with E-state index in [1.54, 1.807) is 0 Å². The van der Waals surface area contributed by atoms with E-state index in [1.165, 1.54) is 0 Å². The van der Waals surface area contributed by atoms with Gasteiger partial charge < -0.3 is 9.72 Å². The van der Waals surface area contributed by atoms with Crippen LogP contribution in [-0.2, 0) is 6.42 Å². The van der Waals surface area contributed by atoms with E-state index in [-0.39, 0.29) is 6.67 Å². The quantitative estimate of drug-likeness (QED) is 0.806. The molecule has 0 saturated heterocycles. The second kappa shape index (κ2) is 3.65. The Bertz CT molecular complexity index is 436. The van der Waals surface area contributed by atoms with Crippen LogP contribution in [0.25, 0.3) is 5.65 Å². The van der Waals surface area contributed by atoms with Crippen molar-refractivity contribution in [3.63, 3.8) is 0 Å². The number of hydrogen-bond acceptors (Lipinski definition) is 2. The highest BCUT2D eigenvalue weighted by molar-refractivity contribution is 5.54.